The van der Waals surface area contributed by atoms with E-state index < -0.39 is 50.7 Å². The van der Waals surface area contributed by atoms with E-state index >= 15 is 0 Å². The summed E-state index contributed by atoms with van der Waals surface area (Å²) in [5.74, 6) is -0.347. The normalized spacial score (nSPS) is 15.1. The van der Waals surface area contributed by atoms with Crippen LogP contribution in [-0.4, -0.2) is 36.3 Å². The van der Waals surface area contributed by atoms with Crippen LogP contribution in [0.15, 0.2) is 78.9 Å². The Labute approximate surface area is 316 Å². The highest BCUT2D eigenvalue weighted by Gasteiger charge is 2.41. The Morgan fingerprint density at radius 1 is 0.944 bits per heavy atom. The standard InChI is InChI=1S/C40H45F3N6O4S/c1-37(2,3)53-36(51)45-25-28-11-8-15-32(21-28)49-33(23-34(47-49)40(41,42)43)35(50)46-31-14-9-13-30(22-31)39(19-18-26-16-17-26,48-54(52)38(4,5)6)29-12-7-10-27(20-29)24-44/h7-15,20-23,26,48H,16-19,25H2,1-6H3,(H,45,51)(H,46,50)/t39?,54-/m1/s1. The van der Waals surface area contributed by atoms with Crippen LogP contribution in [0, 0.1) is 17.2 Å². The van der Waals surface area contributed by atoms with Crippen LogP contribution in [0.5, 0.6) is 0 Å². The summed E-state index contributed by atoms with van der Waals surface area (Å²) in [6.45, 7) is 10.7. The molecule has 0 radical (unpaired) electrons. The number of benzene rings is 3. The van der Waals surface area contributed by atoms with Crippen LogP contribution < -0.4 is 15.4 Å². The molecule has 1 aromatic heterocycles. The van der Waals surface area contributed by atoms with Crippen molar-refractivity contribution in [2.45, 2.75) is 95.8 Å². The summed E-state index contributed by atoms with van der Waals surface area (Å²) < 4.78 is 64.8. The third-order valence-corrected chi connectivity index (χ3v) is 10.4. The van der Waals surface area contributed by atoms with Gasteiger partial charge in [-0.3, -0.25) is 4.79 Å². The van der Waals surface area contributed by atoms with Gasteiger partial charge < -0.3 is 15.4 Å². The molecule has 0 saturated heterocycles. The number of amides is 2. The number of halogens is 3. The number of anilines is 1. The molecule has 2 amide bonds. The third kappa shape index (κ3) is 10.1. The molecule has 3 aromatic carbocycles. The highest BCUT2D eigenvalue weighted by molar-refractivity contribution is 7.84. The second-order valence-electron chi connectivity index (χ2n) is 15.4. The monoisotopic (exact) mass is 762 g/mol. The highest BCUT2D eigenvalue weighted by atomic mass is 32.2. The second kappa shape index (κ2) is 15.8. The second-order valence-corrected chi connectivity index (χ2v) is 17.4. The lowest BCUT2D eigenvalue weighted by Gasteiger charge is -2.38. The average Bonchev–Trinajstić information content (AvgIpc) is 3.81. The van der Waals surface area contributed by atoms with Crippen LogP contribution in [0.4, 0.5) is 23.7 Å². The lowest BCUT2D eigenvalue weighted by atomic mass is 9.79. The molecule has 1 fully saturated rings. The maximum absolute atomic E-state index is 14.0. The van der Waals surface area contributed by atoms with Gasteiger partial charge in [0.1, 0.15) is 11.3 Å². The van der Waals surface area contributed by atoms with Crippen molar-refractivity contribution in [3.05, 3.63) is 113 Å². The van der Waals surface area contributed by atoms with Gasteiger partial charge in [0.05, 0.1) is 38.6 Å². The molecule has 286 valence electrons. The number of aromatic nitrogens is 2. The fourth-order valence-electron chi connectivity index (χ4n) is 5.84. The first kappa shape index (κ1) is 40.2. The molecule has 1 heterocycles. The molecule has 1 unspecified atom stereocenters. The molecule has 1 aliphatic carbocycles. The minimum absolute atomic E-state index is 0.0122. The number of hydrogen-bond donors (Lipinski definition) is 3. The topological polar surface area (TPSA) is 138 Å². The Hall–Kier alpha value is -5.00. The number of nitrogens with one attached hydrogen (secondary N) is 3. The van der Waals surface area contributed by atoms with E-state index in [0.29, 0.717) is 35.1 Å². The van der Waals surface area contributed by atoms with Gasteiger partial charge in [0.25, 0.3) is 5.91 Å². The van der Waals surface area contributed by atoms with E-state index in [2.05, 4.69) is 26.5 Å². The van der Waals surface area contributed by atoms with E-state index in [1.165, 1.54) is 12.1 Å². The first-order valence-electron chi connectivity index (χ1n) is 17.6. The number of carbonyl (C=O) groups excluding carboxylic acids is 2. The molecule has 1 aliphatic rings. The molecule has 2 atom stereocenters. The van der Waals surface area contributed by atoms with Crippen LogP contribution in [0.25, 0.3) is 5.69 Å². The summed E-state index contributed by atoms with van der Waals surface area (Å²) in [7, 11) is -1.57. The van der Waals surface area contributed by atoms with Crippen LogP contribution in [0.3, 0.4) is 0 Å². The van der Waals surface area contributed by atoms with Gasteiger partial charge in [0.15, 0.2) is 5.69 Å². The summed E-state index contributed by atoms with van der Waals surface area (Å²) in [6.07, 6.45) is -1.99. The molecule has 1 saturated carbocycles. The Morgan fingerprint density at radius 3 is 2.24 bits per heavy atom. The maximum Gasteiger partial charge on any atom is 0.435 e. The van der Waals surface area contributed by atoms with Crippen molar-refractivity contribution in [1.29, 1.82) is 5.26 Å². The minimum Gasteiger partial charge on any atom is -0.444 e. The fourth-order valence-corrected chi connectivity index (χ4v) is 6.80. The number of alkyl carbamates (subject to hydrolysis) is 1. The minimum atomic E-state index is -4.84. The van der Waals surface area contributed by atoms with E-state index in [-0.39, 0.29) is 23.6 Å². The zero-order valence-corrected chi connectivity index (χ0v) is 32.0. The lowest BCUT2D eigenvalue weighted by molar-refractivity contribution is -0.141. The summed E-state index contributed by atoms with van der Waals surface area (Å²) in [4.78, 5) is 26.1. The maximum atomic E-state index is 14.0. The first-order chi connectivity index (χ1) is 25.3. The van der Waals surface area contributed by atoms with Crippen molar-refractivity contribution in [3.8, 4) is 11.8 Å². The van der Waals surface area contributed by atoms with Crippen molar-refractivity contribution >= 4 is 28.7 Å². The largest absolute Gasteiger partial charge is 0.444 e. The molecule has 0 spiro atoms. The van der Waals surface area contributed by atoms with Gasteiger partial charge >= 0.3 is 12.3 Å². The molecular weight excluding hydrogens is 718 g/mol. The van der Waals surface area contributed by atoms with Gasteiger partial charge in [-0.1, -0.05) is 49.2 Å². The van der Waals surface area contributed by atoms with Crippen LogP contribution >= 0.6 is 0 Å². The molecule has 5 rings (SSSR count). The molecule has 14 heteroatoms. The number of carbonyl (C=O) groups is 2. The Bertz CT molecular complexity index is 2070. The Balaban J connectivity index is 1.52. The van der Waals surface area contributed by atoms with Crippen molar-refractivity contribution in [2.75, 3.05) is 5.32 Å². The summed E-state index contributed by atoms with van der Waals surface area (Å²) >= 11 is 0. The molecule has 0 bridgehead atoms. The number of ether oxygens (including phenoxy) is 1. The number of hydrogen-bond acceptors (Lipinski definition) is 6. The number of nitriles is 1. The predicted octanol–water partition coefficient (Wildman–Crippen LogP) is 8.53. The van der Waals surface area contributed by atoms with Gasteiger partial charge in [0.2, 0.25) is 0 Å². The highest BCUT2D eigenvalue weighted by Crippen LogP contribution is 2.43. The summed E-state index contributed by atoms with van der Waals surface area (Å²) in [5.41, 5.74) is -0.628. The van der Waals surface area contributed by atoms with E-state index in [1.54, 1.807) is 69.3 Å². The Morgan fingerprint density at radius 2 is 1.61 bits per heavy atom. The van der Waals surface area contributed by atoms with Gasteiger partial charge in [-0.15, -0.1) is 0 Å². The zero-order chi connectivity index (χ0) is 39.5. The molecule has 3 N–H and O–H groups in total. The van der Waals surface area contributed by atoms with Gasteiger partial charge in [-0.25, -0.2) is 18.4 Å². The number of alkyl halides is 3. The van der Waals surface area contributed by atoms with E-state index in [1.807, 2.05) is 32.9 Å². The van der Waals surface area contributed by atoms with E-state index in [0.717, 1.165) is 29.5 Å². The first-order valence-corrected chi connectivity index (χ1v) is 18.8. The quantitative estimate of drug-likeness (QED) is 0.132. The molecule has 4 aromatic rings. The van der Waals surface area contributed by atoms with E-state index in [4.69, 9.17) is 4.74 Å². The molecule has 54 heavy (non-hydrogen) atoms. The van der Waals surface area contributed by atoms with Crippen molar-refractivity contribution in [2.24, 2.45) is 5.92 Å². The van der Waals surface area contributed by atoms with Gasteiger partial charge in [-0.05, 0) is 113 Å². The van der Waals surface area contributed by atoms with Crippen LogP contribution in [-0.2, 0) is 34.0 Å². The molecule has 0 aliphatic heterocycles. The van der Waals surface area contributed by atoms with Crippen molar-refractivity contribution < 1.29 is 31.7 Å². The van der Waals surface area contributed by atoms with Crippen molar-refractivity contribution in [1.82, 2.24) is 19.8 Å². The van der Waals surface area contributed by atoms with Gasteiger partial charge in [-0.2, -0.15) is 23.5 Å². The summed E-state index contributed by atoms with van der Waals surface area (Å²) in [5, 5.41) is 18.9. The SMILES string of the molecule is CC(C)(C)OC(=O)NCc1cccc(-n2nc(C(F)(F)F)cc2C(=O)Nc2cccc(C(CCC3CC3)(N[S@](=O)C(C)(C)C)c3cccc(C#N)c3)c2)c1. The number of nitrogens with zero attached hydrogens (tertiary/aromatic N) is 3. The van der Waals surface area contributed by atoms with Crippen LogP contribution in [0.2, 0.25) is 0 Å². The van der Waals surface area contributed by atoms with Gasteiger partial charge in [0, 0.05) is 18.3 Å². The predicted molar refractivity (Wildman–Crippen MR) is 201 cm³/mol. The molecular formula is C40H45F3N6O4S. The average molecular weight is 763 g/mol. The number of rotatable bonds is 12. The zero-order valence-electron chi connectivity index (χ0n) is 31.1. The van der Waals surface area contributed by atoms with Crippen LogP contribution in [0.1, 0.15) is 106 Å². The fraction of sp³-hybridized carbons (Fsp3) is 0.400. The Kier molecular flexibility index (Phi) is 11.7. The third-order valence-electron chi connectivity index (χ3n) is 8.77. The van der Waals surface area contributed by atoms with Crippen molar-refractivity contribution in [3.63, 3.8) is 0 Å². The molecule has 10 nitrogen and oxygen atoms in total. The summed E-state index contributed by atoms with van der Waals surface area (Å²) in [6, 6.07) is 23.1. The smallest absolute Gasteiger partial charge is 0.435 e. The van der Waals surface area contributed by atoms with E-state index in [9.17, 15) is 32.2 Å². The lowest BCUT2D eigenvalue weighted by Crippen LogP contribution is -2.49.